The molecule has 1 unspecified atom stereocenters. The molecule has 1 saturated carbocycles. The second-order valence-electron chi connectivity index (χ2n) is 6.91. The fourth-order valence-corrected chi connectivity index (χ4v) is 4.01. The van der Waals surface area contributed by atoms with Gasteiger partial charge in [-0.15, -0.1) is 24.0 Å². The predicted octanol–water partition coefficient (Wildman–Crippen LogP) is 3.52. The number of likely N-dealkylation sites (N-methyl/N-ethyl adjacent to an activating group) is 1. The number of nitrogens with one attached hydrogen (secondary N) is 1. The summed E-state index contributed by atoms with van der Waals surface area (Å²) in [7, 11) is 0. The van der Waals surface area contributed by atoms with Gasteiger partial charge in [0.05, 0.1) is 6.54 Å². The van der Waals surface area contributed by atoms with Crippen molar-refractivity contribution in [2.24, 2.45) is 10.7 Å². The van der Waals surface area contributed by atoms with Crippen LogP contribution < -0.4 is 11.1 Å². The number of rotatable bonds is 6. The van der Waals surface area contributed by atoms with E-state index >= 15 is 0 Å². The van der Waals surface area contributed by atoms with Crippen LogP contribution in [0.5, 0.6) is 0 Å². The molecule has 1 aromatic rings. The van der Waals surface area contributed by atoms with Gasteiger partial charge in [-0.3, -0.25) is 9.89 Å². The van der Waals surface area contributed by atoms with Crippen molar-refractivity contribution in [2.75, 3.05) is 26.2 Å². The number of nitrogens with two attached hydrogens (primary N) is 1. The Bertz CT molecular complexity index is 621. The van der Waals surface area contributed by atoms with E-state index in [1.54, 1.807) is 6.07 Å². The highest BCUT2D eigenvalue weighted by molar-refractivity contribution is 14.0. The molecule has 3 rings (SSSR count). The van der Waals surface area contributed by atoms with Gasteiger partial charge in [-0.05, 0) is 56.5 Å². The summed E-state index contributed by atoms with van der Waals surface area (Å²) in [6.07, 6.45) is 4.50. The number of benzene rings is 1. The van der Waals surface area contributed by atoms with Crippen molar-refractivity contribution in [3.05, 3.63) is 34.6 Å². The van der Waals surface area contributed by atoms with Crippen LogP contribution in [0.4, 0.5) is 4.39 Å². The number of nitrogens with zero attached hydrogens (tertiary/aromatic N) is 2. The monoisotopic (exact) mass is 480 g/mol. The van der Waals surface area contributed by atoms with E-state index in [0.717, 1.165) is 31.5 Å². The lowest BCUT2D eigenvalue weighted by Gasteiger charge is -2.23. The zero-order valence-electron chi connectivity index (χ0n) is 14.6. The van der Waals surface area contributed by atoms with Crippen LogP contribution in [0.1, 0.15) is 38.2 Å². The Morgan fingerprint density at radius 3 is 2.88 bits per heavy atom. The van der Waals surface area contributed by atoms with Gasteiger partial charge in [-0.25, -0.2) is 4.39 Å². The first-order valence-electron chi connectivity index (χ1n) is 8.77. The summed E-state index contributed by atoms with van der Waals surface area (Å²) in [6.45, 7) is 5.88. The highest BCUT2D eigenvalue weighted by Gasteiger charge is 2.45. The van der Waals surface area contributed by atoms with Crippen molar-refractivity contribution in [1.82, 2.24) is 10.2 Å². The smallest absolute Gasteiger partial charge is 0.188 e. The Morgan fingerprint density at radius 1 is 1.48 bits per heavy atom. The maximum atomic E-state index is 13.2. The van der Waals surface area contributed by atoms with Crippen LogP contribution in [0.15, 0.2) is 23.2 Å². The van der Waals surface area contributed by atoms with Crippen LogP contribution in [0.2, 0.25) is 5.02 Å². The SMILES string of the molecule is CCN1CCCC1CNC(N)=NCC1(c2ccc(F)cc2Cl)CC1.I. The first-order chi connectivity index (χ1) is 11.5. The Hall–Kier alpha value is -0.600. The maximum Gasteiger partial charge on any atom is 0.188 e. The predicted molar refractivity (Wildman–Crippen MR) is 112 cm³/mol. The van der Waals surface area contributed by atoms with Crippen molar-refractivity contribution in [3.8, 4) is 0 Å². The molecule has 0 aromatic heterocycles. The summed E-state index contributed by atoms with van der Waals surface area (Å²) in [5.41, 5.74) is 6.95. The normalized spacial score (nSPS) is 22.5. The second-order valence-corrected chi connectivity index (χ2v) is 7.32. The highest BCUT2D eigenvalue weighted by atomic mass is 127. The minimum Gasteiger partial charge on any atom is -0.370 e. The fraction of sp³-hybridized carbons (Fsp3) is 0.611. The van der Waals surface area contributed by atoms with Gasteiger partial charge in [-0.2, -0.15) is 0 Å². The molecule has 3 N–H and O–H groups in total. The summed E-state index contributed by atoms with van der Waals surface area (Å²) < 4.78 is 13.2. The molecular weight excluding hydrogens is 454 g/mol. The third kappa shape index (κ3) is 4.98. The molecule has 1 aliphatic carbocycles. The second kappa shape index (κ2) is 8.86. The van der Waals surface area contributed by atoms with E-state index in [2.05, 4.69) is 22.1 Å². The van der Waals surface area contributed by atoms with Gasteiger partial charge >= 0.3 is 0 Å². The molecule has 1 aromatic carbocycles. The quantitative estimate of drug-likeness (QED) is 0.372. The van der Waals surface area contributed by atoms with E-state index < -0.39 is 0 Å². The molecule has 0 spiro atoms. The zero-order chi connectivity index (χ0) is 17.2. The summed E-state index contributed by atoms with van der Waals surface area (Å²) in [6, 6.07) is 5.17. The van der Waals surface area contributed by atoms with Crippen molar-refractivity contribution in [3.63, 3.8) is 0 Å². The third-order valence-electron chi connectivity index (χ3n) is 5.33. The molecule has 25 heavy (non-hydrogen) atoms. The largest absolute Gasteiger partial charge is 0.370 e. The number of hydrogen-bond acceptors (Lipinski definition) is 2. The van der Waals surface area contributed by atoms with Gasteiger partial charge in [0.15, 0.2) is 5.96 Å². The number of likely N-dealkylation sites (tertiary alicyclic amines) is 1. The molecule has 140 valence electrons. The zero-order valence-corrected chi connectivity index (χ0v) is 17.7. The molecule has 7 heteroatoms. The summed E-state index contributed by atoms with van der Waals surface area (Å²) in [5.74, 6) is 0.184. The number of hydrogen-bond donors (Lipinski definition) is 2. The molecule has 0 amide bonds. The van der Waals surface area contributed by atoms with Crippen LogP contribution in [0.3, 0.4) is 0 Å². The van der Waals surface area contributed by atoms with Crippen LogP contribution in [0.25, 0.3) is 0 Å². The van der Waals surface area contributed by atoms with Crippen LogP contribution in [0, 0.1) is 5.82 Å². The molecule has 2 aliphatic rings. The topological polar surface area (TPSA) is 53.6 Å². The van der Waals surface area contributed by atoms with Crippen LogP contribution >= 0.6 is 35.6 Å². The minimum absolute atomic E-state index is 0. The molecule has 1 aliphatic heterocycles. The van der Waals surface area contributed by atoms with E-state index in [4.69, 9.17) is 17.3 Å². The lowest BCUT2D eigenvalue weighted by Crippen LogP contribution is -2.43. The first-order valence-corrected chi connectivity index (χ1v) is 9.15. The number of halogens is 3. The van der Waals surface area contributed by atoms with E-state index in [1.807, 2.05) is 0 Å². The van der Waals surface area contributed by atoms with Crippen molar-refractivity contribution in [1.29, 1.82) is 0 Å². The molecule has 2 fully saturated rings. The lowest BCUT2D eigenvalue weighted by molar-refractivity contribution is 0.267. The van der Waals surface area contributed by atoms with Crippen LogP contribution in [-0.4, -0.2) is 43.1 Å². The van der Waals surface area contributed by atoms with Crippen molar-refractivity contribution >= 4 is 41.5 Å². The van der Waals surface area contributed by atoms with Gasteiger partial charge in [-0.1, -0.05) is 24.6 Å². The molecule has 1 heterocycles. The van der Waals surface area contributed by atoms with Crippen molar-refractivity contribution < 1.29 is 4.39 Å². The average Bonchev–Trinajstić information content (AvgIpc) is 3.20. The average molecular weight is 481 g/mol. The lowest BCUT2D eigenvalue weighted by atomic mass is 9.96. The molecule has 1 saturated heterocycles. The van der Waals surface area contributed by atoms with E-state index in [9.17, 15) is 4.39 Å². The van der Waals surface area contributed by atoms with Gasteiger partial charge in [0.25, 0.3) is 0 Å². The Balaban J connectivity index is 0.00000225. The van der Waals surface area contributed by atoms with Gasteiger partial charge in [0.2, 0.25) is 0 Å². The Morgan fingerprint density at radius 2 is 2.24 bits per heavy atom. The first kappa shape index (κ1) is 20.7. The van der Waals surface area contributed by atoms with Gasteiger partial charge in [0, 0.05) is 23.0 Å². The molecule has 0 bridgehead atoms. The molecular formula is C18H27ClFIN4. The third-order valence-corrected chi connectivity index (χ3v) is 5.64. The van der Waals surface area contributed by atoms with E-state index in [0.29, 0.717) is 23.6 Å². The standard InChI is InChI=1S/C18H26ClFN4.HI/c1-2-24-9-3-4-14(24)11-22-17(21)23-12-18(7-8-18)15-6-5-13(20)10-16(15)19;/h5-6,10,14H,2-4,7-9,11-12H2,1H3,(H3,21,22,23);1H. The summed E-state index contributed by atoms with van der Waals surface area (Å²) in [5, 5.41) is 3.74. The number of aliphatic imine (C=N–C) groups is 1. The summed E-state index contributed by atoms with van der Waals surface area (Å²) in [4.78, 5) is 7.00. The molecule has 4 nitrogen and oxygen atoms in total. The fourth-order valence-electron chi connectivity index (χ4n) is 3.64. The summed E-state index contributed by atoms with van der Waals surface area (Å²) >= 11 is 6.21. The van der Waals surface area contributed by atoms with E-state index in [-0.39, 0.29) is 35.2 Å². The van der Waals surface area contributed by atoms with Gasteiger partial charge in [0.1, 0.15) is 5.82 Å². The molecule has 1 atom stereocenters. The van der Waals surface area contributed by atoms with Crippen LogP contribution in [-0.2, 0) is 5.41 Å². The van der Waals surface area contributed by atoms with E-state index in [1.165, 1.54) is 31.5 Å². The molecule has 0 radical (unpaired) electrons. The van der Waals surface area contributed by atoms with Gasteiger partial charge < -0.3 is 11.1 Å². The van der Waals surface area contributed by atoms with Crippen molar-refractivity contribution in [2.45, 2.75) is 44.1 Å². The Labute approximate surface area is 171 Å². The minimum atomic E-state index is -0.304. The Kier molecular flexibility index (Phi) is 7.34. The maximum absolute atomic E-state index is 13.2. The number of guanidine groups is 1. The highest BCUT2D eigenvalue weighted by Crippen LogP contribution is 2.50.